The molecule has 2 aliphatic heterocycles. The second kappa shape index (κ2) is 4.18. The number of carbonyl (C=O) groups is 2. The van der Waals surface area contributed by atoms with E-state index in [9.17, 15) is 9.59 Å². The zero-order valence-corrected chi connectivity index (χ0v) is 8.61. The molecule has 0 aliphatic carbocycles. The highest BCUT2D eigenvalue weighted by atomic mass is 16.4. The van der Waals surface area contributed by atoms with Crippen LogP contribution in [0.15, 0.2) is 0 Å². The van der Waals surface area contributed by atoms with E-state index in [2.05, 4.69) is 5.32 Å². The van der Waals surface area contributed by atoms with Crippen LogP contribution in [0.5, 0.6) is 0 Å². The highest BCUT2D eigenvalue weighted by Crippen LogP contribution is 2.27. The average Bonchev–Trinajstić information content (AvgIpc) is 2.57. The highest BCUT2D eigenvalue weighted by molar-refractivity contribution is 5.84. The summed E-state index contributed by atoms with van der Waals surface area (Å²) < 4.78 is 0. The molecule has 2 N–H and O–H groups in total. The minimum absolute atomic E-state index is 0.0166. The van der Waals surface area contributed by atoms with Gasteiger partial charge in [-0.05, 0) is 25.8 Å². The van der Waals surface area contributed by atoms with Crippen molar-refractivity contribution < 1.29 is 14.7 Å². The van der Waals surface area contributed by atoms with Crippen LogP contribution in [-0.4, -0.2) is 47.1 Å². The lowest BCUT2D eigenvalue weighted by atomic mass is 10.1. The lowest BCUT2D eigenvalue weighted by Crippen LogP contribution is -2.48. The minimum Gasteiger partial charge on any atom is -0.480 e. The molecule has 0 aromatic carbocycles. The predicted octanol–water partition coefficient (Wildman–Crippen LogP) is -0.186. The standard InChI is InChI=1S/C10H16N2O3/c13-9-4-6-11-5-3-7-1-2-8(10(14)15)12(7)9/h7-8,11H,1-6H2,(H,14,15). The van der Waals surface area contributed by atoms with E-state index >= 15 is 0 Å². The van der Waals surface area contributed by atoms with E-state index in [4.69, 9.17) is 5.11 Å². The molecule has 0 saturated carbocycles. The van der Waals surface area contributed by atoms with Crippen LogP contribution in [0.3, 0.4) is 0 Å². The summed E-state index contributed by atoms with van der Waals surface area (Å²) in [6.07, 6.45) is 2.71. The first kappa shape index (κ1) is 10.4. The number of rotatable bonds is 1. The van der Waals surface area contributed by atoms with Crippen LogP contribution < -0.4 is 5.32 Å². The Bertz CT molecular complexity index is 280. The van der Waals surface area contributed by atoms with Crippen molar-refractivity contribution in [3.05, 3.63) is 0 Å². The number of fused-ring (bicyclic) bond motifs is 1. The summed E-state index contributed by atoms with van der Waals surface area (Å²) in [6.45, 7) is 1.54. The fourth-order valence-electron chi connectivity index (χ4n) is 2.50. The fraction of sp³-hybridized carbons (Fsp3) is 0.800. The van der Waals surface area contributed by atoms with Crippen LogP contribution in [0.4, 0.5) is 0 Å². The maximum atomic E-state index is 11.8. The Labute approximate surface area is 88.4 Å². The molecule has 5 nitrogen and oxygen atoms in total. The number of amides is 1. The molecule has 0 radical (unpaired) electrons. The molecule has 1 amide bonds. The number of carboxylic acid groups (broad SMARTS) is 1. The Morgan fingerprint density at radius 1 is 1.33 bits per heavy atom. The number of hydrogen-bond acceptors (Lipinski definition) is 3. The first-order valence-electron chi connectivity index (χ1n) is 5.45. The van der Waals surface area contributed by atoms with Crippen LogP contribution in [0.25, 0.3) is 0 Å². The van der Waals surface area contributed by atoms with Crippen LogP contribution in [0.2, 0.25) is 0 Å². The largest absolute Gasteiger partial charge is 0.480 e. The molecule has 2 unspecified atom stereocenters. The Hall–Kier alpha value is -1.10. The second-order valence-electron chi connectivity index (χ2n) is 4.17. The number of nitrogens with one attached hydrogen (secondary N) is 1. The lowest BCUT2D eigenvalue weighted by molar-refractivity contribution is -0.149. The average molecular weight is 212 g/mol. The lowest BCUT2D eigenvalue weighted by Gasteiger charge is -2.30. The number of hydrogen-bond donors (Lipinski definition) is 2. The van der Waals surface area contributed by atoms with Crippen LogP contribution in [0, 0.1) is 0 Å². The van der Waals surface area contributed by atoms with Gasteiger partial charge in [0.15, 0.2) is 0 Å². The van der Waals surface area contributed by atoms with E-state index in [0.717, 1.165) is 19.4 Å². The maximum absolute atomic E-state index is 11.8. The van der Waals surface area contributed by atoms with E-state index in [1.807, 2.05) is 0 Å². The molecule has 0 aromatic rings. The Morgan fingerprint density at radius 3 is 2.87 bits per heavy atom. The van der Waals surface area contributed by atoms with Gasteiger partial charge in [0, 0.05) is 19.0 Å². The summed E-state index contributed by atoms with van der Waals surface area (Å²) >= 11 is 0. The molecule has 2 aliphatic rings. The Kier molecular flexibility index (Phi) is 2.90. The first-order valence-corrected chi connectivity index (χ1v) is 5.45. The van der Waals surface area contributed by atoms with E-state index in [-0.39, 0.29) is 11.9 Å². The van der Waals surface area contributed by atoms with Crippen molar-refractivity contribution in [2.24, 2.45) is 0 Å². The summed E-state index contributed by atoms with van der Waals surface area (Å²) in [4.78, 5) is 24.4. The second-order valence-corrected chi connectivity index (χ2v) is 4.17. The molecule has 2 fully saturated rings. The van der Waals surface area contributed by atoms with E-state index < -0.39 is 12.0 Å². The number of aliphatic carboxylic acids is 1. The van der Waals surface area contributed by atoms with E-state index in [1.54, 1.807) is 4.90 Å². The van der Waals surface area contributed by atoms with Gasteiger partial charge in [0.05, 0.1) is 0 Å². The quantitative estimate of drug-likeness (QED) is 0.632. The van der Waals surface area contributed by atoms with Crippen molar-refractivity contribution in [3.8, 4) is 0 Å². The smallest absolute Gasteiger partial charge is 0.326 e. The van der Waals surface area contributed by atoms with Crippen molar-refractivity contribution in [2.45, 2.75) is 37.8 Å². The van der Waals surface area contributed by atoms with Crippen LogP contribution in [-0.2, 0) is 9.59 Å². The van der Waals surface area contributed by atoms with Crippen LogP contribution >= 0.6 is 0 Å². The van der Waals surface area contributed by atoms with Crippen molar-refractivity contribution in [1.82, 2.24) is 10.2 Å². The third kappa shape index (κ3) is 1.97. The summed E-state index contributed by atoms with van der Waals surface area (Å²) in [7, 11) is 0. The summed E-state index contributed by atoms with van der Waals surface area (Å²) in [5.74, 6) is -0.878. The number of carboxylic acids is 1. The zero-order valence-electron chi connectivity index (χ0n) is 8.61. The zero-order chi connectivity index (χ0) is 10.8. The van der Waals surface area contributed by atoms with Gasteiger partial charge < -0.3 is 15.3 Å². The monoisotopic (exact) mass is 212 g/mol. The van der Waals surface area contributed by atoms with Gasteiger partial charge in [0.1, 0.15) is 6.04 Å². The predicted molar refractivity (Wildman–Crippen MR) is 53.4 cm³/mol. The Balaban J connectivity index is 2.15. The molecule has 2 atom stereocenters. The molecule has 0 aromatic heterocycles. The minimum atomic E-state index is -0.862. The van der Waals surface area contributed by atoms with Gasteiger partial charge in [-0.1, -0.05) is 0 Å². The van der Waals surface area contributed by atoms with Gasteiger partial charge in [-0.3, -0.25) is 4.79 Å². The van der Waals surface area contributed by atoms with E-state index in [1.165, 1.54) is 0 Å². The van der Waals surface area contributed by atoms with Gasteiger partial charge in [-0.25, -0.2) is 4.79 Å². The molecule has 5 heteroatoms. The molecule has 2 heterocycles. The molecular formula is C10H16N2O3. The molecule has 15 heavy (non-hydrogen) atoms. The third-order valence-electron chi connectivity index (χ3n) is 3.25. The van der Waals surface area contributed by atoms with Crippen molar-refractivity contribution >= 4 is 11.9 Å². The molecule has 2 saturated heterocycles. The summed E-state index contributed by atoms with van der Waals surface area (Å²) in [5.41, 5.74) is 0. The van der Waals surface area contributed by atoms with Gasteiger partial charge in [0.25, 0.3) is 0 Å². The summed E-state index contributed by atoms with van der Waals surface area (Å²) in [6, 6.07) is -0.452. The SMILES string of the molecule is O=C(O)C1CCC2CCNCCC(=O)N21. The molecular weight excluding hydrogens is 196 g/mol. The Morgan fingerprint density at radius 2 is 2.13 bits per heavy atom. The molecule has 0 bridgehead atoms. The first-order chi connectivity index (χ1) is 7.20. The van der Waals surface area contributed by atoms with E-state index in [0.29, 0.717) is 19.4 Å². The maximum Gasteiger partial charge on any atom is 0.326 e. The topological polar surface area (TPSA) is 69.6 Å². The van der Waals surface area contributed by atoms with Crippen LogP contribution in [0.1, 0.15) is 25.7 Å². The fourth-order valence-corrected chi connectivity index (χ4v) is 2.50. The summed E-state index contributed by atoms with van der Waals surface area (Å²) in [5, 5.41) is 12.2. The van der Waals surface area contributed by atoms with Crippen molar-refractivity contribution in [2.75, 3.05) is 13.1 Å². The van der Waals surface area contributed by atoms with Gasteiger partial charge in [-0.2, -0.15) is 0 Å². The molecule has 2 rings (SSSR count). The number of carbonyl (C=O) groups excluding carboxylic acids is 1. The van der Waals surface area contributed by atoms with Crippen molar-refractivity contribution in [1.29, 1.82) is 0 Å². The third-order valence-corrected chi connectivity index (χ3v) is 3.25. The molecule has 0 spiro atoms. The van der Waals surface area contributed by atoms with Crippen molar-refractivity contribution in [3.63, 3.8) is 0 Å². The molecule has 84 valence electrons. The van der Waals surface area contributed by atoms with Gasteiger partial charge >= 0.3 is 5.97 Å². The van der Waals surface area contributed by atoms with Gasteiger partial charge in [-0.15, -0.1) is 0 Å². The highest BCUT2D eigenvalue weighted by Gasteiger charge is 2.40. The number of nitrogens with zero attached hydrogens (tertiary/aromatic N) is 1. The van der Waals surface area contributed by atoms with Gasteiger partial charge in [0.2, 0.25) is 5.91 Å². The normalized spacial score (nSPS) is 32.0.